The molecular formula is C15H12. The minimum Gasteiger partial charge on any atom is -0.0801 e. The summed E-state index contributed by atoms with van der Waals surface area (Å²) in [5.74, 6) is 0. The monoisotopic (exact) mass is 192 g/mol. The highest BCUT2D eigenvalue weighted by molar-refractivity contribution is 5.84. The SMILES string of the molecule is C1=CC2=CC(c3ccccc3)=CC2=CC1. The topological polar surface area (TPSA) is 0 Å². The van der Waals surface area contributed by atoms with Crippen LogP contribution in [0.25, 0.3) is 5.57 Å². The van der Waals surface area contributed by atoms with Gasteiger partial charge in [0.25, 0.3) is 0 Å². The lowest BCUT2D eigenvalue weighted by atomic mass is 10.0. The van der Waals surface area contributed by atoms with Crippen molar-refractivity contribution < 1.29 is 0 Å². The standard InChI is InChI=1S/C15H12/c1-2-6-12(7-3-1)15-10-13-8-4-5-9-14(13)11-15/h1-4,6-11H,5H2. The molecule has 0 heterocycles. The summed E-state index contributed by atoms with van der Waals surface area (Å²) in [6.45, 7) is 0. The fraction of sp³-hybridized carbons (Fsp3) is 0.0667. The Balaban J connectivity index is 2.04. The van der Waals surface area contributed by atoms with E-state index >= 15 is 0 Å². The van der Waals surface area contributed by atoms with Crippen LogP contribution < -0.4 is 0 Å². The first-order valence-corrected chi connectivity index (χ1v) is 5.29. The lowest BCUT2D eigenvalue weighted by Gasteiger charge is -2.01. The second-order valence-corrected chi connectivity index (χ2v) is 3.86. The van der Waals surface area contributed by atoms with Crippen molar-refractivity contribution in [2.45, 2.75) is 6.42 Å². The summed E-state index contributed by atoms with van der Waals surface area (Å²) in [6.07, 6.45) is 12.3. The fourth-order valence-corrected chi connectivity index (χ4v) is 2.05. The van der Waals surface area contributed by atoms with Gasteiger partial charge in [0.2, 0.25) is 0 Å². The maximum atomic E-state index is 2.28. The van der Waals surface area contributed by atoms with Gasteiger partial charge in [0.05, 0.1) is 0 Å². The number of rotatable bonds is 1. The molecule has 3 rings (SSSR count). The molecule has 0 bridgehead atoms. The van der Waals surface area contributed by atoms with Crippen LogP contribution >= 0.6 is 0 Å². The zero-order valence-electron chi connectivity index (χ0n) is 8.48. The van der Waals surface area contributed by atoms with Gasteiger partial charge in [-0.2, -0.15) is 0 Å². The van der Waals surface area contributed by atoms with Gasteiger partial charge in [0, 0.05) is 0 Å². The van der Waals surface area contributed by atoms with Crippen molar-refractivity contribution in [2.75, 3.05) is 0 Å². The molecule has 0 spiro atoms. The van der Waals surface area contributed by atoms with Gasteiger partial charge in [-0.15, -0.1) is 0 Å². The molecular weight excluding hydrogens is 180 g/mol. The third kappa shape index (κ3) is 1.48. The van der Waals surface area contributed by atoms with Gasteiger partial charge in [-0.05, 0) is 40.9 Å². The number of benzene rings is 1. The van der Waals surface area contributed by atoms with E-state index in [4.69, 9.17) is 0 Å². The second kappa shape index (κ2) is 3.39. The van der Waals surface area contributed by atoms with Crippen LogP contribution in [-0.2, 0) is 0 Å². The highest BCUT2D eigenvalue weighted by Crippen LogP contribution is 2.32. The molecule has 0 aliphatic heterocycles. The Morgan fingerprint density at radius 2 is 1.60 bits per heavy atom. The number of fused-ring (bicyclic) bond motifs is 1. The van der Waals surface area contributed by atoms with E-state index in [9.17, 15) is 0 Å². The van der Waals surface area contributed by atoms with Gasteiger partial charge >= 0.3 is 0 Å². The molecule has 0 N–H and O–H groups in total. The van der Waals surface area contributed by atoms with E-state index in [1.807, 2.05) is 0 Å². The molecule has 0 saturated heterocycles. The Kier molecular flexibility index (Phi) is 1.92. The molecule has 0 unspecified atom stereocenters. The van der Waals surface area contributed by atoms with Crippen LogP contribution in [0.1, 0.15) is 12.0 Å². The molecule has 72 valence electrons. The normalized spacial score (nSPS) is 18.0. The highest BCUT2D eigenvalue weighted by atomic mass is 14.2. The second-order valence-electron chi connectivity index (χ2n) is 3.86. The Morgan fingerprint density at radius 3 is 2.40 bits per heavy atom. The van der Waals surface area contributed by atoms with E-state index in [-0.39, 0.29) is 0 Å². The lowest BCUT2D eigenvalue weighted by molar-refractivity contribution is 1.31. The van der Waals surface area contributed by atoms with Crippen molar-refractivity contribution in [1.82, 2.24) is 0 Å². The molecule has 0 heteroatoms. The van der Waals surface area contributed by atoms with Gasteiger partial charge in [0.1, 0.15) is 0 Å². The predicted octanol–water partition coefficient (Wildman–Crippen LogP) is 3.90. The molecule has 2 aliphatic carbocycles. The molecule has 1 aromatic carbocycles. The third-order valence-electron chi connectivity index (χ3n) is 2.83. The predicted molar refractivity (Wildman–Crippen MR) is 64.3 cm³/mol. The largest absolute Gasteiger partial charge is 0.0801 e. The Labute approximate surface area is 89.9 Å². The first kappa shape index (κ1) is 8.49. The zero-order valence-corrected chi connectivity index (χ0v) is 8.48. The van der Waals surface area contributed by atoms with Gasteiger partial charge < -0.3 is 0 Å². The molecule has 0 amide bonds. The van der Waals surface area contributed by atoms with Gasteiger partial charge in [-0.1, -0.05) is 48.6 Å². The molecule has 0 fully saturated rings. The van der Waals surface area contributed by atoms with Gasteiger partial charge in [-0.25, -0.2) is 0 Å². The summed E-state index contributed by atoms with van der Waals surface area (Å²) in [5.41, 5.74) is 5.34. The average molecular weight is 192 g/mol. The average Bonchev–Trinajstić information content (AvgIpc) is 2.74. The van der Waals surface area contributed by atoms with Crippen molar-refractivity contribution in [3.05, 3.63) is 77.4 Å². The number of hydrogen-bond acceptors (Lipinski definition) is 0. The Bertz CT molecular complexity index is 496. The van der Waals surface area contributed by atoms with E-state index in [0.717, 1.165) is 6.42 Å². The zero-order chi connectivity index (χ0) is 10.1. The molecule has 0 atom stereocenters. The van der Waals surface area contributed by atoms with E-state index in [0.29, 0.717) is 0 Å². The van der Waals surface area contributed by atoms with Crippen LogP contribution in [0.4, 0.5) is 0 Å². The van der Waals surface area contributed by atoms with Gasteiger partial charge in [-0.3, -0.25) is 0 Å². The summed E-state index contributed by atoms with van der Waals surface area (Å²) >= 11 is 0. The number of allylic oxidation sites excluding steroid dienone is 8. The first-order valence-electron chi connectivity index (χ1n) is 5.29. The third-order valence-corrected chi connectivity index (χ3v) is 2.83. The van der Waals surface area contributed by atoms with E-state index in [2.05, 4.69) is 60.7 Å². The molecule has 0 radical (unpaired) electrons. The van der Waals surface area contributed by atoms with Crippen LogP contribution in [-0.4, -0.2) is 0 Å². The molecule has 0 nitrogen and oxygen atoms in total. The summed E-state index contributed by atoms with van der Waals surface area (Å²) in [6, 6.07) is 10.5. The van der Waals surface area contributed by atoms with Crippen molar-refractivity contribution in [2.24, 2.45) is 0 Å². The molecule has 1 aromatic rings. The summed E-state index contributed by atoms with van der Waals surface area (Å²) in [7, 11) is 0. The maximum absolute atomic E-state index is 2.28. The molecule has 2 aliphatic rings. The minimum absolute atomic E-state index is 1.06. The first-order chi connectivity index (χ1) is 7.43. The minimum atomic E-state index is 1.06. The summed E-state index contributed by atoms with van der Waals surface area (Å²) in [4.78, 5) is 0. The van der Waals surface area contributed by atoms with Crippen molar-refractivity contribution >= 4 is 5.57 Å². The van der Waals surface area contributed by atoms with Crippen molar-refractivity contribution in [3.8, 4) is 0 Å². The molecule has 0 aromatic heterocycles. The summed E-state index contributed by atoms with van der Waals surface area (Å²) in [5, 5.41) is 0. The lowest BCUT2D eigenvalue weighted by Crippen LogP contribution is -1.82. The maximum Gasteiger partial charge on any atom is -0.0157 e. The van der Waals surface area contributed by atoms with Crippen LogP contribution in [0.3, 0.4) is 0 Å². The smallest absolute Gasteiger partial charge is 0.0157 e. The molecule has 15 heavy (non-hydrogen) atoms. The van der Waals surface area contributed by atoms with Crippen molar-refractivity contribution in [1.29, 1.82) is 0 Å². The molecule has 0 saturated carbocycles. The quantitative estimate of drug-likeness (QED) is 0.633. The van der Waals surface area contributed by atoms with Crippen molar-refractivity contribution in [3.63, 3.8) is 0 Å². The fourth-order valence-electron chi connectivity index (χ4n) is 2.05. The Morgan fingerprint density at radius 1 is 0.800 bits per heavy atom. The van der Waals surface area contributed by atoms with E-state index < -0.39 is 0 Å². The van der Waals surface area contributed by atoms with Crippen LogP contribution in [0.5, 0.6) is 0 Å². The van der Waals surface area contributed by atoms with Crippen LogP contribution in [0, 0.1) is 0 Å². The highest BCUT2D eigenvalue weighted by Gasteiger charge is 2.12. The van der Waals surface area contributed by atoms with E-state index in [1.54, 1.807) is 0 Å². The Hall–Kier alpha value is -1.82. The number of hydrogen-bond donors (Lipinski definition) is 0. The van der Waals surface area contributed by atoms with Crippen LogP contribution in [0.2, 0.25) is 0 Å². The van der Waals surface area contributed by atoms with E-state index in [1.165, 1.54) is 22.3 Å². The van der Waals surface area contributed by atoms with Gasteiger partial charge in [0.15, 0.2) is 0 Å². The summed E-state index contributed by atoms with van der Waals surface area (Å²) < 4.78 is 0. The van der Waals surface area contributed by atoms with Crippen LogP contribution in [0.15, 0.2) is 71.9 Å².